The van der Waals surface area contributed by atoms with Crippen LogP contribution in [0.5, 0.6) is 0 Å². The molecule has 3 heteroatoms. The zero-order valence-electron chi connectivity index (χ0n) is 12.3. The molecule has 106 valence electrons. The van der Waals surface area contributed by atoms with Crippen LogP contribution in [0, 0.1) is 5.41 Å². The quantitative estimate of drug-likeness (QED) is 0.852. The van der Waals surface area contributed by atoms with E-state index in [-0.39, 0.29) is 0 Å². The minimum absolute atomic E-state index is 0.306. The zero-order chi connectivity index (χ0) is 14.2. The van der Waals surface area contributed by atoms with Crippen molar-refractivity contribution in [3.05, 3.63) is 36.0 Å². The summed E-state index contributed by atoms with van der Waals surface area (Å²) in [7, 11) is 0. The number of rotatable bonds is 2. The minimum Gasteiger partial charge on any atom is -0.382 e. The molecular formula is C17H23N3. The summed E-state index contributed by atoms with van der Waals surface area (Å²) in [5.74, 6) is 1.13. The molecule has 0 bridgehead atoms. The summed E-state index contributed by atoms with van der Waals surface area (Å²) in [4.78, 5) is 0. The first-order valence-electron chi connectivity index (χ1n) is 7.49. The maximum atomic E-state index is 6.13. The highest BCUT2D eigenvalue weighted by atomic mass is 15.2. The maximum absolute atomic E-state index is 6.13. The van der Waals surface area contributed by atoms with Gasteiger partial charge in [0.25, 0.3) is 0 Å². The van der Waals surface area contributed by atoms with Crippen LogP contribution in [0.4, 0.5) is 5.82 Å². The molecule has 20 heavy (non-hydrogen) atoms. The van der Waals surface area contributed by atoms with E-state index in [1.165, 1.54) is 31.4 Å². The number of hydrogen-bond donors (Lipinski definition) is 2. The number of nitrogen functional groups attached to an aromatic ring is 1. The SMILES string of the molecule is CC1(C)CCCCC1c1[nH]nc(N)c1-c1ccccc1. The van der Waals surface area contributed by atoms with Crippen LogP contribution in [0.15, 0.2) is 30.3 Å². The van der Waals surface area contributed by atoms with Crippen molar-refractivity contribution < 1.29 is 0 Å². The molecule has 3 rings (SSSR count). The number of nitrogens with two attached hydrogens (primary N) is 1. The van der Waals surface area contributed by atoms with Crippen molar-refractivity contribution in [2.45, 2.75) is 45.4 Å². The van der Waals surface area contributed by atoms with Crippen LogP contribution < -0.4 is 5.73 Å². The van der Waals surface area contributed by atoms with Gasteiger partial charge in [0.05, 0.1) is 0 Å². The van der Waals surface area contributed by atoms with Gasteiger partial charge in [-0.25, -0.2) is 0 Å². The first-order valence-corrected chi connectivity index (χ1v) is 7.49. The fraction of sp³-hybridized carbons (Fsp3) is 0.471. The van der Waals surface area contributed by atoms with Gasteiger partial charge in [0.2, 0.25) is 0 Å². The highest BCUT2D eigenvalue weighted by Crippen LogP contribution is 2.49. The number of aromatic amines is 1. The minimum atomic E-state index is 0.306. The van der Waals surface area contributed by atoms with Gasteiger partial charge >= 0.3 is 0 Å². The van der Waals surface area contributed by atoms with Crippen molar-refractivity contribution in [2.24, 2.45) is 5.41 Å². The van der Waals surface area contributed by atoms with Gasteiger partial charge in [0, 0.05) is 17.2 Å². The van der Waals surface area contributed by atoms with E-state index in [1.54, 1.807) is 0 Å². The monoisotopic (exact) mass is 269 g/mol. The Hall–Kier alpha value is -1.77. The number of benzene rings is 1. The first kappa shape index (κ1) is 13.2. The molecule has 1 fully saturated rings. The number of aromatic nitrogens is 2. The molecule has 3 N–H and O–H groups in total. The van der Waals surface area contributed by atoms with Gasteiger partial charge in [-0.3, -0.25) is 5.10 Å². The van der Waals surface area contributed by atoms with Crippen LogP contribution in [0.1, 0.15) is 51.1 Å². The Morgan fingerprint density at radius 2 is 1.95 bits per heavy atom. The molecule has 1 unspecified atom stereocenters. The average molecular weight is 269 g/mol. The molecule has 0 amide bonds. The second-order valence-corrected chi connectivity index (χ2v) is 6.55. The van der Waals surface area contributed by atoms with Crippen molar-refractivity contribution >= 4 is 5.82 Å². The van der Waals surface area contributed by atoms with Gasteiger partial charge in [-0.2, -0.15) is 5.10 Å². The molecule has 0 saturated heterocycles. The number of nitrogens with zero attached hydrogens (tertiary/aromatic N) is 1. The Bertz CT molecular complexity index is 584. The normalized spacial score (nSPS) is 21.8. The largest absolute Gasteiger partial charge is 0.382 e. The Morgan fingerprint density at radius 3 is 2.65 bits per heavy atom. The number of hydrogen-bond acceptors (Lipinski definition) is 2. The summed E-state index contributed by atoms with van der Waals surface area (Å²) < 4.78 is 0. The van der Waals surface area contributed by atoms with E-state index < -0.39 is 0 Å². The molecule has 3 nitrogen and oxygen atoms in total. The van der Waals surface area contributed by atoms with E-state index in [4.69, 9.17) is 5.73 Å². The van der Waals surface area contributed by atoms with Crippen molar-refractivity contribution in [1.82, 2.24) is 10.2 Å². The van der Waals surface area contributed by atoms with E-state index in [1.807, 2.05) is 6.07 Å². The topological polar surface area (TPSA) is 54.7 Å². The van der Waals surface area contributed by atoms with Crippen LogP contribution in [0.2, 0.25) is 0 Å². The average Bonchev–Trinajstić information content (AvgIpc) is 2.81. The van der Waals surface area contributed by atoms with Gasteiger partial charge in [-0.15, -0.1) is 0 Å². The molecule has 0 aliphatic heterocycles. The van der Waals surface area contributed by atoms with Crippen LogP contribution in [0.3, 0.4) is 0 Å². The van der Waals surface area contributed by atoms with E-state index >= 15 is 0 Å². The molecule has 1 aliphatic rings. The van der Waals surface area contributed by atoms with E-state index in [9.17, 15) is 0 Å². The molecule has 1 aromatic carbocycles. The number of H-pyrrole nitrogens is 1. The summed E-state index contributed by atoms with van der Waals surface area (Å²) in [6.45, 7) is 4.73. The van der Waals surface area contributed by atoms with Crippen LogP contribution >= 0.6 is 0 Å². The first-order chi connectivity index (χ1) is 9.59. The standard InChI is InChI=1S/C17H23N3/c1-17(2)11-7-6-10-13(17)15-14(16(18)20-19-15)12-8-4-3-5-9-12/h3-5,8-9,13H,6-7,10-11H2,1-2H3,(H3,18,19,20). The fourth-order valence-electron chi connectivity index (χ4n) is 3.56. The van der Waals surface area contributed by atoms with E-state index in [0.717, 1.165) is 11.1 Å². The third kappa shape index (κ3) is 2.21. The lowest BCUT2D eigenvalue weighted by molar-refractivity contribution is 0.196. The van der Waals surface area contributed by atoms with Gasteiger partial charge < -0.3 is 5.73 Å². The summed E-state index contributed by atoms with van der Waals surface area (Å²) in [5, 5.41) is 7.51. The van der Waals surface area contributed by atoms with Crippen molar-refractivity contribution in [3.8, 4) is 11.1 Å². The molecule has 1 saturated carbocycles. The lowest BCUT2D eigenvalue weighted by atomic mass is 9.67. The van der Waals surface area contributed by atoms with Crippen molar-refractivity contribution in [1.29, 1.82) is 0 Å². The summed E-state index contributed by atoms with van der Waals surface area (Å²) in [6, 6.07) is 10.4. The predicted octanol–water partition coefficient (Wildman–Crippen LogP) is 4.34. The molecule has 1 aromatic heterocycles. The lowest BCUT2D eigenvalue weighted by Crippen LogP contribution is -2.26. The number of anilines is 1. The molecule has 0 radical (unpaired) electrons. The lowest BCUT2D eigenvalue weighted by Gasteiger charge is -2.38. The third-order valence-corrected chi connectivity index (χ3v) is 4.74. The summed E-state index contributed by atoms with van der Waals surface area (Å²) in [6.07, 6.45) is 5.11. The zero-order valence-corrected chi connectivity index (χ0v) is 12.3. The van der Waals surface area contributed by atoms with Crippen molar-refractivity contribution in [3.63, 3.8) is 0 Å². The smallest absolute Gasteiger partial charge is 0.153 e. The van der Waals surface area contributed by atoms with E-state index in [0.29, 0.717) is 17.2 Å². The Labute approximate surface area is 120 Å². The molecule has 0 spiro atoms. The summed E-state index contributed by atoms with van der Waals surface area (Å²) in [5.41, 5.74) is 9.92. The van der Waals surface area contributed by atoms with Crippen molar-refractivity contribution in [2.75, 3.05) is 5.73 Å². The molecular weight excluding hydrogens is 246 g/mol. The van der Waals surface area contributed by atoms with Gasteiger partial charge in [0.1, 0.15) is 0 Å². The van der Waals surface area contributed by atoms with E-state index in [2.05, 4.69) is 48.3 Å². The molecule has 1 atom stereocenters. The van der Waals surface area contributed by atoms with Gasteiger partial charge in [-0.05, 0) is 23.8 Å². The Kier molecular flexibility index (Phi) is 3.28. The van der Waals surface area contributed by atoms with Gasteiger partial charge in [0.15, 0.2) is 5.82 Å². The Balaban J connectivity index is 2.07. The summed E-state index contributed by atoms with van der Waals surface area (Å²) >= 11 is 0. The second-order valence-electron chi connectivity index (χ2n) is 6.55. The van der Waals surface area contributed by atoms with Crippen LogP contribution in [-0.4, -0.2) is 10.2 Å². The van der Waals surface area contributed by atoms with Crippen LogP contribution in [-0.2, 0) is 0 Å². The Morgan fingerprint density at radius 1 is 1.20 bits per heavy atom. The predicted molar refractivity (Wildman–Crippen MR) is 83.4 cm³/mol. The van der Waals surface area contributed by atoms with Gasteiger partial charge in [-0.1, -0.05) is 57.0 Å². The number of nitrogens with one attached hydrogen (secondary N) is 1. The third-order valence-electron chi connectivity index (χ3n) is 4.74. The molecule has 2 aromatic rings. The molecule has 1 aliphatic carbocycles. The van der Waals surface area contributed by atoms with Crippen LogP contribution in [0.25, 0.3) is 11.1 Å². The fourth-order valence-corrected chi connectivity index (χ4v) is 3.56. The highest BCUT2D eigenvalue weighted by molar-refractivity contribution is 5.76. The highest BCUT2D eigenvalue weighted by Gasteiger charge is 2.36. The second kappa shape index (κ2) is 4.97. The maximum Gasteiger partial charge on any atom is 0.153 e. The molecule has 1 heterocycles.